The fourth-order valence-electron chi connectivity index (χ4n) is 6.97. The van der Waals surface area contributed by atoms with Crippen molar-refractivity contribution >= 4 is 64.8 Å². The smallest absolute Gasteiger partial charge is 0.332 e. The van der Waals surface area contributed by atoms with E-state index in [0.717, 1.165) is 64.7 Å². The number of hydrogen-bond acceptors (Lipinski definition) is 4. The first-order valence-electron chi connectivity index (χ1n) is 15.9. The van der Waals surface area contributed by atoms with Crippen molar-refractivity contribution < 1.29 is 16.6 Å². The summed E-state index contributed by atoms with van der Waals surface area (Å²) in [7, 11) is 5.53. The molecule has 4 aliphatic rings. The van der Waals surface area contributed by atoms with E-state index in [4.69, 9.17) is 0 Å². The summed E-state index contributed by atoms with van der Waals surface area (Å²) in [6.07, 6.45) is 16.3. The molecular weight excluding hydrogens is 768 g/mol. The van der Waals surface area contributed by atoms with E-state index in [2.05, 4.69) is 111 Å². The van der Waals surface area contributed by atoms with E-state index in [1.165, 1.54) is 23.4 Å². The lowest BCUT2D eigenvalue weighted by atomic mass is 9.68. The minimum absolute atomic E-state index is 0.160. The van der Waals surface area contributed by atoms with Crippen LogP contribution in [0.25, 0.3) is 0 Å². The van der Waals surface area contributed by atoms with Crippen LogP contribution in [-0.4, -0.2) is 76.6 Å². The molecule has 1 amide bonds. The van der Waals surface area contributed by atoms with Gasteiger partial charge >= 0.3 is 5.84 Å². The van der Waals surface area contributed by atoms with Crippen molar-refractivity contribution in [3.8, 4) is 0 Å². The second kappa shape index (κ2) is 15.5. The summed E-state index contributed by atoms with van der Waals surface area (Å²) < 4.78 is 22.2. The Balaban J connectivity index is 1.55. The number of quaternary nitrogens is 1. The Hall–Kier alpha value is -1.03. The van der Waals surface area contributed by atoms with Gasteiger partial charge in [0, 0.05) is 25.4 Å². The summed E-state index contributed by atoms with van der Waals surface area (Å²) in [4.78, 5) is 16.7. The van der Waals surface area contributed by atoms with Crippen LogP contribution in [0.15, 0.2) is 58.9 Å². The van der Waals surface area contributed by atoms with E-state index in [1.54, 1.807) is 11.6 Å². The number of allylic oxidation sites excluding steroid dienone is 5. The Labute approximate surface area is 287 Å². The number of halogens is 3. The first-order chi connectivity index (χ1) is 20.5. The van der Waals surface area contributed by atoms with Gasteiger partial charge in [-0.2, -0.15) is 4.58 Å². The van der Waals surface area contributed by atoms with Crippen LogP contribution in [0.1, 0.15) is 59.3 Å². The molecule has 43 heavy (non-hydrogen) atoms. The van der Waals surface area contributed by atoms with Crippen molar-refractivity contribution in [2.75, 3.05) is 40.4 Å². The third-order valence-corrected chi connectivity index (χ3v) is 10.9. The first-order valence-corrected chi connectivity index (χ1v) is 18.0. The maximum atomic E-state index is 15.8. The Morgan fingerprint density at radius 2 is 2.19 bits per heavy atom. The number of hydrogen-bond donors (Lipinski definition) is 2. The van der Waals surface area contributed by atoms with Gasteiger partial charge in [0.25, 0.3) is 22.9 Å². The molecule has 0 saturated heterocycles. The lowest BCUT2D eigenvalue weighted by Crippen LogP contribution is -2.51. The highest BCUT2D eigenvalue weighted by atomic mass is 127. The maximum absolute atomic E-state index is 15.8. The van der Waals surface area contributed by atoms with E-state index in [9.17, 15) is 4.79 Å². The zero-order valence-electron chi connectivity index (χ0n) is 26.8. The summed E-state index contributed by atoms with van der Waals surface area (Å²) in [5.41, 5.74) is 7.64. The molecule has 2 heterocycles. The molecule has 11 heteroatoms. The number of carbonyl (C=O) groups excluding carboxylic acids is 1. The number of amides is 1. The zero-order chi connectivity index (χ0) is 31.3. The maximum Gasteiger partial charge on any atom is 0.373 e. The van der Waals surface area contributed by atoms with Gasteiger partial charge in [0.05, 0.1) is 28.6 Å². The molecule has 2 aliphatic heterocycles. The summed E-state index contributed by atoms with van der Waals surface area (Å²) in [5, 5.41) is 0. The SMILES string of the molecule is CBC(C)CN(CCC)CC1=CN(C(C)=O)/C(=C\CC2C=C(NI)CC([C@@H](C3=CCC3)C3=[N+](C)CN[N+]3(C)I)C2)C(F)=C1. The molecule has 2 N–H and O–H groups in total. The van der Waals surface area contributed by atoms with Crippen molar-refractivity contribution in [2.24, 2.45) is 17.8 Å². The predicted octanol–water partition coefficient (Wildman–Crippen LogP) is 6.36. The summed E-state index contributed by atoms with van der Waals surface area (Å²) in [5.74, 6) is 2.57. The van der Waals surface area contributed by atoms with E-state index in [0.29, 0.717) is 39.1 Å². The lowest BCUT2D eigenvalue weighted by Gasteiger charge is -2.36. The van der Waals surface area contributed by atoms with Gasteiger partial charge in [-0.05, 0) is 75.1 Å². The van der Waals surface area contributed by atoms with Gasteiger partial charge in [-0.15, -0.1) is 2.81 Å². The Bertz CT molecular complexity index is 1240. The molecule has 7 nitrogen and oxygen atoms in total. The largest absolute Gasteiger partial charge is 0.373 e. The number of nitrogens with one attached hydrogen (secondary N) is 2. The van der Waals surface area contributed by atoms with Crippen molar-refractivity contribution in [3.05, 3.63) is 58.9 Å². The number of rotatable bonds is 13. The topological polar surface area (TPSA) is 50.6 Å². The number of nitrogens with zero attached hydrogens (tertiary/aromatic N) is 4. The highest BCUT2D eigenvalue weighted by Gasteiger charge is 2.52. The third kappa shape index (κ3) is 8.62. The van der Waals surface area contributed by atoms with Crippen LogP contribution in [-0.2, 0) is 4.79 Å². The fraction of sp³-hybridized carbons (Fsp3) is 0.625. The second-order valence-corrected chi connectivity index (χ2v) is 15.4. The molecule has 0 fully saturated rings. The van der Waals surface area contributed by atoms with Crippen LogP contribution >= 0.6 is 45.7 Å². The second-order valence-electron chi connectivity index (χ2n) is 13.0. The minimum Gasteiger partial charge on any atom is -0.332 e. The molecule has 2 aliphatic carbocycles. The molecule has 236 valence electrons. The molecule has 0 aromatic rings. The van der Waals surface area contributed by atoms with Crippen LogP contribution in [0.3, 0.4) is 0 Å². The van der Waals surface area contributed by atoms with E-state index < -0.39 is 0 Å². The summed E-state index contributed by atoms with van der Waals surface area (Å²) >= 11 is 4.76. The zero-order valence-corrected chi connectivity index (χ0v) is 31.1. The van der Waals surface area contributed by atoms with Crippen molar-refractivity contribution in [1.29, 1.82) is 0 Å². The number of amidine groups is 1. The van der Waals surface area contributed by atoms with Crippen LogP contribution in [0.4, 0.5) is 4.39 Å². The standard InChI is InChI=1S/C32H50BFI2N6O/c1-7-13-40(18-22(2)33-4)19-25-16-29(34)30(41(20-25)23(3)43)12-11-24-14-27(17-28(15-24)38-35)31(26-9-8-10-26)32-39(5)21-37-42(32,6)36/h9,12,15-16,20,22,24,27,31,33,37-38H,7-8,10-11,13-14,17-19,21H2,1-6H3/q+2/b30-12-/t22?,24?,27?,31-,42?/m1/s1. The van der Waals surface area contributed by atoms with Gasteiger partial charge in [-0.25, -0.2) is 4.39 Å². The van der Waals surface area contributed by atoms with Gasteiger partial charge in [0.2, 0.25) is 12.6 Å². The van der Waals surface area contributed by atoms with Crippen LogP contribution < -0.4 is 8.96 Å². The van der Waals surface area contributed by atoms with Crippen LogP contribution in [0, 0.1) is 17.8 Å². The predicted molar refractivity (Wildman–Crippen MR) is 193 cm³/mol. The molecule has 0 saturated carbocycles. The Morgan fingerprint density at radius 3 is 2.74 bits per heavy atom. The fourth-order valence-corrected chi connectivity index (χ4v) is 8.19. The van der Waals surface area contributed by atoms with Crippen molar-refractivity contribution in [2.45, 2.75) is 71.9 Å². The lowest BCUT2D eigenvalue weighted by molar-refractivity contribution is -0.680. The Kier molecular flexibility index (Phi) is 12.6. The highest BCUT2D eigenvalue weighted by molar-refractivity contribution is 14.1. The average molecular weight is 818 g/mol. The first kappa shape index (κ1) is 34.8. The molecule has 0 aromatic carbocycles. The van der Waals surface area contributed by atoms with Crippen LogP contribution in [0.5, 0.6) is 0 Å². The molecule has 0 spiro atoms. The normalized spacial score (nSPS) is 28.2. The quantitative estimate of drug-likeness (QED) is 0.0748. The molecule has 5 atom stereocenters. The summed E-state index contributed by atoms with van der Waals surface area (Å²) in [6.45, 7) is 11.6. The monoisotopic (exact) mass is 818 g/mol. The van der Waals surface area contributed by atoms with E-state index in [-0.39, 0.29) is 17.7 Å². The van der Waals surface area contributed by atoms with Crippen molar-refractivity contribution in [1.82, 2.24) is 18.8 Å². The molecule has 4 rings (SSSR count). The average Bonchev–Trinajstić information content (AvgIpc) is 3.20. The minimum atomic E-state index is -0.319. The summed E-state index contributed by atoms with van der Waals surface area (Å²) in [6, 6.07) is 0. The van der Waals surface area contributed by atoms with Gasteiger partial charge < -0.3 is 3.53 Å². The molecule has 4 unspecified atom stereocenters. The van der Waals surface area contributed by atoms with E-state index >= 15 is 4.39 Å². The van der Waals surface area contributed by atoms with Gasteiger partial charge in [-0.1, -0.05) is 55.7 Å². The molecule has 0 aromatic heterocycles. The molecular formula is C32H50BFI2N6O+2. The molecule has 0 bridgehead atoms. The van der Waals surface area contributed by atoms with E-state index in [1.807, 2.05) is 12.3 Å². The van der Waals surface area contributed by atoms with Gasteiger partial charge in [0.1, 0.15) is 33.1 Å². The van der Waals surface area contributed by atoms with Crippen molar-refractivity contribution in [3.63, 3.8) is 0 Å². The Morgan fingerprint density at radius 1 is 1.44 bits per heavy atom. The van der Waals surface area contributed by atoms with Gasteiger partial charge in [-0.3, -0.25) is 14.6 Å². The molecule has 0 radical (unpaired) electrons. The third-order valence-electron chi connectivity index (χ3n) is 9.34. The van der Waals surface area contributed by atoms with Gasteiger partial charge in [0.15, 0.2) is 0 Å². The highest BCUT2D eigenvalue weighted by Crippen LogP contribution is 2.44. The number of carbonyl (C=O) groups is 1. The van der Waals surface area contributed by atoms with Crippen LogP contribution in [0.2, 0.25) is 12.6 Å².